The van der Waals surface area contributed by atoms with Gasteiger partial charge in [0, 0.05) is 0 Å². The molecule has 32 heavy (non-hydrogen) atoms. The molecule has 0 aromatic heterocycles. The summed E-state index contributed by atoms with van der Waals surface area (Å²) in [5.41, 5.74) is 11.4. The maximum Gasteiger partial charge on any atom is 0.217 e. The van der Waals surface area contributed by atoms with E-state index in [9.17, 15) is 0 Å². The van der Waals surface area contributed by atoms with E-state index in [1.54, 1.807) is 0 Å². The lowest BCUT2D eigenvalue weighted by Gasteiger charge is -2.30. The second-order valence-electron chi connectivity index (χ2n) is 9.24. The lowest BCUT2D eigenvalue weighted by atomic mass is 10.1. The fourth-order valence-electron chi connectivity index (χ4n) is 5.89. The van der Waals surface area contributed by atoms with Crippen LogP contribution in [0.3, 0.4) is 0 Å². The largest absolute Gasteiger partial charge is 0.217 e. The third-order valence-corrected chi connectivity index (χ3v) is 12.9. The summed E-state index contributed by atoms with van der Waals surface area (Å²) < 4.78 is 0. The number of halogens is 1. The summed E-state index contributed by atoms with van der Waals surface area (Å²) in [6, 6.07) is 32.6. The monoisotopic (exact) mass is 450 g/mol. The first kappa shape index (κ1) is 20.0. The van der Waals surface area contributed by atoms with Crippen molar-refractivity contribution < 1.29 is 0 Å². The van der Waals surface area contributed by atoms with Crippen molar-refractivity contribution >= 4 is 28.8 Å². The Balaban J connectivity index is 1.55. The van der Waals surface area contributed by atoms with Crippen molar-refractivity contribution in [1.82, 2.24) is 0 Å². The molecule has 158 valence electrons. The van der Waals surface area contributed by atoms with Crippen molar-refractivity contribution in [3.8, 4) is 22.3 Å². The number of benzene rings is 4. The normalized spacial score (nSPS) is 13.4. The molecule has 6 rings (SSSR count). The van der Waals surface area contributed by atoms with Crippen LogP contribution in [0.5, 0.6) is 0 Å². The highest BCUT2D eigenvalue weighted by Crippen LogP contribution is 2.40. The fraction of sp³-hybridized carbons (Fsp3) is 0.200. The van der Waals surface area contributed by atoms with Crippen molar-refractivity contribution in [1.29, 1.82) is 0 Å². The minimum absolute atomic E-state index is 1.00. The molecular weight excluding hydrogens is 424 g/mol. The third kappa shape index (κ3) is 2.95. The van der Waals surface area contributed by atoms with Crippen LogP contribution in [-0.4, -0.2) is 7.38 Å². The first-order chi connectivity index (χ1) is 15.7. The summed E-state index contributed by atoms with van der Waals surface area (Å²) in [7, 11) is -2.44. The van der Waals surface area contributed by atoms with Gasteiger partial charge < -0.3 is 0 Å². The summed E-state index contributed by atoms with van der Waals surface area (Å²) in [6.07, 6.45) is 4.35. The van der Waals surface area contributed by atoms with Gasteiger partial charge in [-0.2, -0.15) is 11.1 Å². The molecule has 0 bridgehead atoms. The fourth-order valence-corrected chi connectivity index (χ4v) is 11.1. The Morgan fingerprint density at radius 2 is 1.09 bits per heavy atom. The quantitative estimate of drug-likeness (QED) is 0.197. The van der Waals surface area contributed by atoms with Crippen LogP contribution < -0.4 is 10.4 Å². The van der Waals surface area contributed by atoms with Gasteiger partial charge in [0.2, 0.25) is 7.38 Å². The van der Waals surface area contributed by atoms with Gasteiger partial charge in [-0.3, -0.25) is 0 Å². The second kappa shape index (κ2) is 7.76. The van der Waals surface area contributed by atoms with Crippen molar-refractivity contribution in [2.45, 2.75) is 38.7 Å². The average Bonchev–Trinajstić information content (AvgIpc) is 3.40. The van der Waals surface area contributed by atoms with E-state index in [4.69, 9.17) is 11.1 Å². The number of hydrogen-bond acceptors (Lipinski definition) is 0. The molecule has 2 aliphatic rings. The Bertz CT molecular complexity index is 1240. The summed E-state index contributed by atoms with van der Waals surface area (Å²) in [6.45, 7) is 2.28. The van der Waals surface area contributed by atoms with Crippen molar-refractivity contribution in [2.75, 3.05) is 0 Å². The topological polar surface area (TPSA) is 0 Å². The molecule has 4 aromatic carbocycles. The Hall–Kier alpha value is -2.61. The molecule has 0 saturated carbocycles. The lowest BCUT2D eigenvalue weighted by molar-refractivity contribution is 0.876. The molecule has 0 radical (unpaired) electrons. The molecule has 0 atom stereocenters. The molecule has 0 aliphatic heterocycles. The van der Waals surface area contributed by atoms with Crippen molar-refractivity contribution in [2.24, 2.45) is 0 Å². The van der Waals surface area contributed by atoms with E-state index in [1.165, 1.54) is 67.7 Å². The number of rotatable bonds is 5. The molecule has 0 spiro atoms. The van der Waals surface area contributed by atoms with Gasteiger partial charge >= 0.3 is 0 Å². The predicted molar refractivity (Wildman–Crippen MR) is 140 cm³/mol. The van der Waals surface area contributed by atoms with E-state index >= 15 is 0 Å². The van der Waals surface area contributed by atoms with Gasteiger partial charge in [-0.1, -0.05) is 105 Å². The Labute approximate surface area is 196 Å². The van der Waals surface area contributed by atoms with Gasteiger partial charge in [-0.25, -0.2) is 0 Å². The molecule has 4 aromatic rings. The van der Waals surface area contributed by atoms with E-state index < -0.39 is 7.38 Å². The van der Waals surface area contributed by atoms with Crippen LogP contribution in [0.4, 0.5) is 0 Å². The van der Waals surface area contributed by atoms with Gasteiger partial charge in [-0.15, -0.1) is 0 Å². The number of unbranched alkanes of at least 4 members (excludes halogenated alkanes) is 1. The van der Waals surface area contributed by atoms with E-state index in [2.05, 4.69) is 91.9 Å². The zero-order chi connectivity index (χ0) is 21.7. The van der Waals surface area contributed by atoms with Gasteiger partial charge in [-0.05, 0) is 73.8 Å². The van der Waals surface area contributed by atoms with Gasteiger partial charge in [0.25, 0.3) is 0 Å². The van der Waals surface area contributed by atoms with Crippen LogP contribution >= 0.6 is 11.1 Å². The van der Waals surface area contributed by atoms with Gasteiger partial charge in [0.15, 0.2) is 0 Å². The van der Waals surface area contributed by atoms with Gasteiger partial charge in [0.05, 0.1) is 0 Å². The Morgan fingerprint density at radius 1 is 0.625 bits per heavy atom. The van der Waals surface area contributed by atoms with Crippen LogP contribution in [0.25, 0.3) is 22.3 Å². The molecular formula is C30H27ClSi. The average molecular weight is 451 g/mol. The number of fused-ring (bicyclic) bond motifs is 6. The first-order valence-corrected chi connectivity index (χ1v) is 15.0. The Kier molecular flexibility index (Phi) is 4.86. The molecule has 0 N–H and O–H groups in total. The summed E-state index contributed by atoms with van der Waals surface area (Å²) in [4.78, 5) is 0. The standard InChI is InChI=1S/C30H27ClSi/c1-2-3-18-32(31,29-16-8-14-25-23-12-6-4-10-21(23)19-27(25)29)30-17-9-15-26-24-13-7-5-11-22(24)20-28(26)30/h4-17H,2-3,18-20H2,1H3. The molecule has 0 unspecified atom stereocenters. The highest BCUT2D eigenvalue weighted by Gasteiger charge is 2.41. The maximum atomic E-state index is 7.96. The molecule has 2 heteroatoms. The smallest absolute Gasteiger partial charge is 0.155 e. The minimum Gasteiger partial charge on any atom is -0.155 e. The number of hydrogen-bond donors (Lipinski definition) is 0. The van der Waals surface area contributed by atoms with E-state index in [-0.39, 0.29) is 0 Å². The summed E-state index contributed by atoms with van der Waals surface area (Å²) in [5.74, 6) is 0. The zero-order valence-electron chi connectivity index (χ0n) is 18.5. The van der Waals surface area contributed by atoms with Crippen LogP contribution in [0, 0.1) is 0 Å². The highest BCUT2D eigenvalue weighted by atomic mass is 35.6. The molecule has 2 aliphatic carbocycles. The highest BCUT2D eigenvalue weighted by molar-refractivity contribution is 7.34. The second-order valence-corrected chi connectivity index (χ2v) is 14.4. The molecule has 0 nitrogen and oxygen atoms in total. The van der Waals surface area contributed by atoms with Crippen molar-refractivity contribution in [3.63, 3.8) is 0 Å². The summed E-state index contributed by atoms with van der Waals surface area (Å²) in [5, 5.41) is 2.87. The molecule has 0 saturated heterocycles. The predicted octanol–water partition coefficient (Wildman–Crippen LogP) is 6.93. The van der Waals surface area contributed by atoms with E-state index in [0.717, 1.165) is 18.9 Å². The molecule has 0 fully saturated rings. The van der Waals surface area contributed by atoms with Crippen LogP contribution in [0.15, 0.2) is 84.9 Å². The van der Waals surface area contributed by atoms with Crippen molar-refractivity contribution in [3.05, 3.63) is 107 Å². The maximum absolute atomic E-state index is 7.96. The molecule has 0 heterocycles. The van der Waals surface area contributed by atoms with E-state index in [0.29, 0.717) is 0 Å². The van der Waals surface area contributed by atoms with Crippen LogP contribution in [0.1, 0.15) is 42.0 Å². The molecule has 0 amide bonds. The zero-order valence-corrected chi connectivity index (χ0v) is 20.3. The minimum atomic E-state index is -2.44. The first-order valence-electron chi connectivity index (χ1n) is 11.8. The van der Waals surface area contributed by atoms with Crippen LogP contribution in [0.2, 0.25) is 6.04 Å². The SMILES string of the molecule is CCCC[Si](Cl)(c1cccc2c1Cc1ccccc1-2)c1cccc2c1Cc1ccccc1-2. The van der Waals surface area contributed by atoms with Crippen LogP contribution in [-0.2, 0) is 12.8 Å². The lowest BCUT2D eigenvalue weighted by Crippen LogP contribution is -2.56. The van der Waals surface area contributed by atoms with Gasteiger partial charge in [0.1, 0.15) is 0 Å². The Morgan fingerprint density at radius 3 is 1.59 bits per heavy atom. The summed E-state index contributed by atoms with van der Waals surface area (Å²) >= 11 is 7.96. The van der Waals surface area contributed by atoms with E-state index in [1.807, 2.05) is 0 Å². The third-order valence-electron chi connectivity index (χ3n) is 7.43.